The first-order chi connectivity index (χ1) is 12.7. The van der Waals surface area contributed by atoms with Crippen molar-refractivity contribution in [1.29, 1.82) is 0 Å². The summed E-state index contributed by atoms with van der Waals surface area (Å²) >= 11 is 0. The minimum Gasteiger partial charge on any atom is -0.479 e. The summed E-state index contributed by atoms with van der Waals surface area (Å²) in [6, 6.07) is 8.93. The highest BCUT2D eigenvalue weighted by Gasteiger charge is 2.40. The molecule has 5 N–H and O–H groups in total. The second-order valence-electron chi connectivity index (χ2n) is 6.32. The summed E-state index contributed by atoms with van der Waals surface area (Å²) in [7, 11) is -4.49. The van der Waals surface area contributed by atoms with E-state index in [1.807, 2.05) is 6.07 Å². The smallest absolute Gasteiger partial charge is 0.408 e. The van der Waals surface area contributed by atoms with Gasteiger partial charge in [0.25, 0.3) is 0 Å². The van der Waals surface area contributed by atoms with E-state index in [0.29, 0.717) is 6.42 Å². The first kappa shape index (κ1) is 23.1. The van der Waals surface area contributed by atoms with Gasteiger partial charge in [0.1, 0.15) is 12.4 Å². The molecule has 152 valence electrons. The van der Waals surface area contributed by atoms with E-state index < -0.39 is 37.5 Å². The fraction of sp³-hybridized carbons (Fsp3) is 0.529. The van der Waals surface area contributed by atoms with Crippen molar-refractivity contribution >= 4 is 19.7 Å². The molecule has 0 bridgehead atoms. The number of ether oxygens (including phenoxy) is 1. The van der Waals surface area contributed by atoms with Crippen LogP contribution in [0.2, 0.25) is 0 Å². The quantitative estimate of drug-likeness (QED) is 0.412. The maximum Gasteiger partial charge on any atom is 0.408 e. The van der Waals surface area contributed by atoms with E-state index in [2.05, 4.69) is 5.32 Å². The van der Waals surface area contributed by atoms with Crippen LogP contribution in [0.5, 0.6) is 0 Å². The Kier molecular flexibility index (Phi) is 9.45. The summed E-state index contributed by atoms with van der Waals surface area (Å²) in [6.07, 6.45) is -2.09. The highest BCUT2D eigenvalue weighted by atomic mass is 31.2. The Morgan fingerprint density at radius 3 is 2.41 bits per heavy atom. The third-order valence-corrected chi connectivity index (χ3v) is 5.67. The number of amides is 1. The molecule has 0 radical (unpaired) electrons. The first-order valence-electron chi connectivity index (χ1n) is 8.58. The van der Waals surface area contributed by atoms with Crippen molar-refractivity contribution in [1.82, 2.24) is 5.32 Å². The van der Waals surface area contributed by atoms with E-state index in [0.717, 1.165) is 5.56 Å². The van der Waals surface area contributed by atoms with Gasteiger partial charge in [0, 0.05) is 0 Å². The number of nitrogens with one attached hydrogen (secondary N) is 1. The number of benzene rings is 1. The van der Waals surface area contributed by atoms with Gasteiger partial charge in [0.15, 0.2) is 6.10 Å². The zero-order valence-electron chi connectivity index (χ0n) is 15.4. The van der Waals surface area contributed by atoms with Crippen LogP contribution in [-0.2, 0) is 25.2 Å². The van der Waals surface area contributed by atoms with E-state index in [-0.39, 0.29) is 19.6 Å². The molecule has 0 aliphatic rings. The number of aliphatic carboxylic acids is 1. The number of carbonyl (C=O) groups is 2. The van der Waals surface area contributed by atoms with E-state index in [1.54, 1.807) is 38.1 Å². The monoisotopic (exact) mass is 402 g/mol. The van der Waals surface area contributed by atoms with Crippen LogP contribution in [0.15, 0.2) is 30.3 Å². The van der Waals surface area contributed by atoms with Gasteiger partial charge >= 0.3 is 19.7 Å². The second-order valence-corrected chi connectivity index (χ2v) is 8.22. The van der Waals surface area contributed by atoms with Crippen molar-refractivity contribution in [3.8, 4) is 0 Å². The Hall–Kier alpha value is -1.93. The predicted molar refractivity (Wildman–Crippen MR) is 99.0 cm³/mol. The summed E-state index contributed by atoms with van der Waals surface area (Å²) in [5.41, 5.74) is 6.10. The van der Waals surface area contributed by atoms with E-state index in [9.17, 15) is 19.0 Å². The fourth-order valence-corrected chi connectivity index (χ4v) is 4.00. The highest BCUT2D eigenvalue weighted by molar-refractivity contribution is 7.53. The molecule has 1 amide bonds. The van der Waals surface area contributed by atoms with Crippen LogP contribution in [-0.4, -0.2) is 40.5 Å². The van der Waals surface area contributed by atoms with Crippen molar-refractivity contribution in [3.63, 3.8) is 0 Å². The Balaban J connectivity index is 2.74. The Morgan fingerprint density at radius 1 is 1.26 bits per heavy atom. The molecular formula is C17H27N2O7P. The third-order valence-electron chi connectivity index (χ3n) is 3.69. The number of carbonyl (C=O) groups excluding carboxylic acids is 1. The molecule has 0 aromatic heterocycles. The molecular weight excluding hydrogens is 375 g/mol. The fourth-order valence-electron chi connectivity index (χ4n) is 2.28. The van der Waals surface area contributed by atoms with E-state index in [4.69, 9.17) is 20.1 Å². The molecule has 27 heavy (non-hydrogen) atoms. The summed E-state index contributed by atoms with van der Waals surface area (Å²) in [4.78, 5) is 33.5. The predicted octanol–water partition coefficient (Wildman–Crippen LogP) is 2.29. The average Bonchev–Trinajstić information content (AvgIpc) is 2.61. The lowest BCUT2D eigenvalue weighted by Crippen LogP contribution is -2.40. The Bertz CT molecular complexity index is 654. The highest BCUT2D eigenvalue weighted by Crippen LogP contribution is 2.50. The van der Waals surface area contributed by atoms with Gasteiger partial charge in [0.2, 0.25) is 0 Å². The number of rotatable bonds is 11. The van der Waals surface area contributed by atoms with Crippen LogP contribution < -0.4 is 11.1 Å². The van der Waals surface area contributed by atoms with E-state index >= 15 is 0 Å². The summed E-state index contributed by atoms with van der Waals surface area (Å²) < 4.78 is 22.6. The molecule has 9 nitrogen and oxygen atoms in total. The largest absolute Gasteiger partial charge is 0.479 e. The number of hydrogen-bond acceptors (Lipinski definition) is 6. The molecule has 3 unspecified atom stereocenters. The summed E-state index contributed by atoms with van der Waals surface area (Å²) in [6.45, 7) is 3.41. The average molecular weight is 402 g/mol. The minimum absolute atomic E-state index is 0.0116. The zero-order chi connectivity index (χ0) is 20.4. The van der Waals surface area contributed by atoms with Crippen molar-refractivity contribution in [2.24, 2.45) is 11.7 Å². The Morgan fingerprint density at radius 2 is 1.89 bits per heavy atom. The van der Waals surface area contributed by atoms with Gasteiger partial charge in [-0.25, -0.2) is 9.59 Å². The third kappa shape index (κ3) is 8.09. The molecule has 0 aliphatic carbocycles. The SMILES string of the molecule is CC(C)C(NC(=O)OCc1ccccc1)P(=O)(O)OC(CCCN)C(=O)O. The van der Waals surface area contributed by atoms with E-state index in [1.165, 1.54) is 0 Å². The van der Waals surface area contributed by atoms with Gasteiger partial charge in [-0.05, 0) is 30.9 Å². The molecule has 3 atom stereocenters. The second kappa shape index (κ2) is 11.0. The van der Waals surface area contributed by atoms with Gasteiger partial charge in [-0.2, -0.15) is 0 Å². The van der Waals surface area contributed by atoms with Crippen molar-refractivity contribution in [2.45, 2.75) is 45.2 Å². The summed E-state index contributed by atoms with van der Waals surface area (Å²) in [5, 5.41) is 11.5. The van der Waals surface area contributed by atoms with Crippen LogP contribution in [0.1, 0.15) is 32.3 Å². The lowest BCUT2D eigenvalue weighted by Gasteiger charge is -2.28. The molecule has 0 spiro atoms. The van der Waals surface area contributed by atoms with Crippen molar-refractivity contribution < 1.29 is 33.4 Å². The molecule has 0 saturated carbocycles. The minimum atomic E-state index is -4.49. The molecule has 0 saturated heterocycles. The van der Waals surface area contributed by atoms with Crippen LogP contribution in [0.25, 0.3) is 0 Å². The van der Waals surface area contributed by atoms with Gasteiger partial charge in [-0.3, -0.25) is 9.09 Å². The molecule has 0 aliphatic heterocycles. The topological polar surface area (TPSA) is 148 Å². The van der Waals surface area contributed by atoms with Gasteiger partial charge in [-0.15, -0.1) is 0 Å². The molecule has 1 aromatic carbocycles. The maximum atomic E-state index is 12.6. The number of nitrogens with two attached hydrogens (primary N) is 1. The van der Waals surface area contributed by atoms with Crippen LogP contribution in [0, 0.1) is 5.92 Å². The number of carboxylic acids is 1. The van der Waals surface area contributed by atoms with Gasteiger partial charge < -0.3 is 25.8 Å². The lowest BCUT2D eigenvalue weighted by molar-refractivity contribution is -0.145. The van der Waals surface area contributed by atoms with Crippen LogP contribution in [0.3, 0.4) is 0 Å². The molecule has 1 rings (SSSR count). The number of hydrogen-bond donors (Lipinski definition) is 4. The normalized spacial score (nSPS) is 15.6. The first-order valence-corrected chi connectivity index (χ1v) is 10.2. The molecule has 0 fully saturated rings. The van der Waals surface area contributed by atoms with Crippen LogP contribution in [0.4, 0.5) is 4.79 Å². The molecule has 10 heteroatoms. The number of carboxylic acid groups (broad SMARTS) is 1. The van der Waals surface area contributed by atoms with Crippen molar-refractivity contribution in [3.05, 3.63) is 35.9 Å². The summed E-state index contributed by atoms with van der Waals surface area (Å²) in [5.74, 6) is -3.19. The Labute approximate surface area is 158 Å². The standard InChI is InChI=1S/C17H27N2O7P/c1-12(2)15(19-17(22)25-11-13-7-4-3-5-8-13)27(23,24)26-14(16(20)21)9-6-10-18/h3-5,7-8,12,14-15H,6,9-11,18H2,1-2H3,(H,19,22)(H,20,21)(H,23,24). The number of alkyl carbamates (subject to hydrolysis) is 1. The maximum absolute atomic E-state index is 12.6. The van der Waals surface area contributed by atoms with Gasteiger partial charge in [-0.1, -0.05) is 44.2 Å². The zero-order valence-corrected chi connectivity index (χ0v) is 16.3. The van der Waals surface area contributed by atoms with Gasteiger partial charge in [0.05, 0.1) is 0 Å². The van der Waals surface area contributed by atoms with Crippen LogP contribution >= 0.6 is 7.60 Å². The molecule has 1 aromatic rings. The lowest BCUT2D eigenvalue weighted by atomic mass is 10.2. The molecule has 0 heterocycles. The van der Waals surface area contributed by atoms with Crippen molar-refractivity contribution in [2.75, 3.05) is 6.54 Å².